The zero-order chi connectivity index (χ0) is 14.8. The van der Waals surface area contributed by atoms with Gasteiger partial charge in [0.2, 0.25) is 0 Å². The van der Waals surface area contributed by atoms with Gasteiger partial charge in [0.15, 0.2) is 6.61 Å². The van der Waals surface area contributed by atoms with Crippen molar-refractivity contribution in [3.05, 3.63) is 23.8 Å². The van der Waals surface area contributed by atoms with Gasteiger partial charge in [0, 0.05) is 25.3 Å². The second kappa shape index (κ2) is 8.77. The number of anilines is 1. The number of amides is 1. The summed E-state index contributed by atoms with van der Waals surface area (Å²) in [5.74, 6) is 0.136. The van der Waals surface area contributed by atoms with Gasteiger partial charge in [-0.3, -0.25) is 4.79 Å². The molecule has 0 spiro atoms. The predicted molar refractivity (Wildman–Crippen MR) is 75.4 cm³/mol. The number of hydrogen-bond donors (Lipinski definition) is 2. The van der Waals surface area contributed by atoms with E-state index >= 15 is 0 Å². The van der Waals surface area contributed by atoms with Crippen LogP contribution in [0.3, 0.4) is 0 Å². The molecule has 0 radical (unpaired) electrons. The number of nitrogen functional groups attached to an aromatic ring is 1. The van der Waals surface area contributed by atoms with Crippen LogP contribution in [0.25, 0.3) is 0 Å². The molecule has 0 bridgehead atoms. The maximum atomic E-state index is 11.9. The normalized spacial score (nSPS) is 9.80. The molecule has 0 aliphatic carbocycles. The van der Waals surface area contributed by atoms with Gasteiger partial charge in [-0.15, -0.1) is 0 Å². The van der Waals surface area contributed by atoms with Crippen LogP contribution in [0.2, 0.25) is 0 Å². The summed E-state index contributed by atoms with van der Waals surface area (Å²) in [7, 11) is 0. The van der Waals surface area contributed by atoms with Gasteiger partial charge in [0.1, 0.15) is 11.8 Å². The standard InChI is InChI=1S/C14H19N3O3/c1-2-19-8-3-7-17-14(18)11-4-5-12(16)13(10-11)20-9-6-15/h4-5,10H,2-3,7-9,16H2,1H3,(H,17,18). The van der Waals surface area contributed by atoms with E-state index in [1.165, 1.54) is 6.07 Å². The Hall–Kier alpha value is -2.26. The van der Waals surface area contributed by atoms with Crippen molar-refractivity contribution in [1.29, 1.82) is 5.26 Å². The van der Waals surface area contributed by atoms with Crippen molar-refractivity contribution in [1.82, 2.24) is 5.32 Å². The third kappa shape index (κ3) is 5.16. The summed E-state index contributed by atoms with van der Waals surface area (Å²) < 4.78 is 10.3. The van der Waals surface area contributed by atoms with Crippen LogP contribution in [0.15, 0.2) is 18.2 Å². The minimum absolute atomic E-state index is 0.108. The molecule has 0 heterocycles. The number of nitrogens with one attached hydrogen (secondary N) is 1. The third-order valence-corrected chi connectivity index (χ3v) is 2.52. The Balaban J connectivity index is 2.53. The number of rotatable bonds is 8. The number of nitriles is 1. The highest BCUT2D eigenvalue weighted by Gasteiger charge is 2.08. The number of hydrogen-bond acceptors (Lipinski definition) is 5. The Kier molecular flexibility index (Phi) is 6.93. The summed E-state index contributed by atoms with van der Waals surface area (Å²) in [5, 5.41) is 11.3. The maximum absolute atomic E-state index is 11.9. The highest BCUT2D eigenvalue weighted by molar-refractivity contribution is 5.95. The van der Waals surface area contributed by atoms with Crippen molar-refractivity contribution in [2.75, 3.05) is 32.1 Å². The lowest BCUT2D eigenvalue weighted by Gasteiger charge is -2.09. The van der Waals surface area contributed by atoms with E-state index < -0.39 is 0 Å². The summed E-state index contributed by atoms with van der Waals surface area (Å²) in [6.45, 7) is 3.65. The van der Waals surface area contributed by atoms with Gasteiger partial charge in [-0.25, -0.2) is 0 Å². The van der Waals surface area contributed by atoms with E-state index in [2.05, 4.69) is 5.32 Å². The average Bonchev–Trinajstić information content (AvgIpc) is 2.46. The van der Waals surface area contributed by atoms with Crippen LogP contribution in [0, 0.1) is 11.3 Å². The van der Waals surface area contributed by atoms with E-state index in [0.29, 0.717) is 36.8 Å². The lowest BCUT2D eigenvalue weighted by Crippen LogP contribution is -2.25. The predicted octanol–water partition coefficient (Wildman–Crippen LogP) is 1.33. The van der Waals surface area contributed by atoms with Gasteiger partial charge < -0.3 is 20.5 Å². The summed E-state index contributed by atoms with van der Waals surface area (Å²) >= 11 is 0. The molecule has 0 aliphatic heterocycles. The fourth-order valence-electron chi connectivity index (χ4n) is 1.53. The molecule has 6 heteroatoms. The van der Waals surface area contributed by atoms with Crippen molar-refractivity contribution in [3.63, 3.8) is 0 Å². The molecule has 0 atom stereocenters. The van der Waals surface area contributed by atoms with E-state index in [-0.39, 0.29) is 12.5 Å². The molecule has 0 aromatic heterocycles. The number of ether oxygens (including phenoxy) is 2. The lowest BCUT2D eigenvalue weighted by molar-refractivity contribution is 0.0944. The Bertz CT molecular complexity index is 483. The second-order valence-electron chi connectivity index (χ2n) is 4.01. The molecule has 6 nitrogen and oxygen atoms in total. The molecule has 0 saturated carbocycles. The highest BCUT2D eigenvalue weighted by Crippen LogP contribution is 2.22. The van der Waals surface area contributed by atoms with E-state index in [9.17, 15) is 4.79 Å². The molecule has 1 amide bonds. The second-order valence-corrected chi connectivity index (χ2v) is 4.01. The van der Waals surface area contributed by atoms with Crippen LogP contribution in [-0.4, -0.2) is 32.3 Å². The molecule has 20 heavy (non-hydrogen) atoms. The lowest BCUT2D eigenvalue weighted by atomic mass is 10.1. The topological polar surface area (TPSA) is 97.4 Å². The highest BCUT2D eigenvalue weighted by atomic mass is 16.5. The van der Waals surface area contributed by atoms with Crippen molar-refractivity contribution < 1.29 is 14.3 Å². The molecular formula is C14H19N3O3. The molecule has 3 N–H and O–H groups in total. The molecule has 1 rings (SSSR count). The van der Waals surface area contributed by atoms with Gasteiger partial charge in [-0.05, 0) is 31.5 Å². The fourth-order valence-corrected chi connectivity index (χ4v) is 1.53. The SMILES string of the molecule is CCOCCCNC(=O)c1ccc(N)c(OCC#N)c1. The average molecular weight is 277 g/mol. The molecule has 0 saturated heterocycles. The fraction of sp³-hybridized carbons (Fsp3) is 0.429. The summed E-state index contributed by atoms with van der Waals surface area (Å²) in [6.07, 6.45) is 0.756. The zero-order valence-corrected chi connectivity index (χ0v) is 11.5. The van der Waals surface area contributed by atoms with Crippen molar-refractivity contribution in [3.8, 4) is 11.8 Å². The van der Waals surface area contributed by atoms with Gasteiger partial charge in [0.25, 0.3) is 5.91 Å². The Morgan fingerprint density at radius 2 is 2.30 bits per heavy atom. The molecular weight excluding hydrogens is 258 g/mol. The number of carbonyl (C=O) groups excluding carboxylic acids is 1. The Labute approximate surface area is 118 Å². The smallest absolute Gasteiger partial charge is 0.251 e. The minimum atomic E-state index is -0.205. The molecule has 108 valence electrons. The maximum Gasteiger partial charge on any atom is 0.251 e. The van der Waals surface area contributed by atoms with Crippen LogP contribution in [0.1, 0.15) is 23.7 Å². The van der Waals surface area contributed by atoms with E-state index in [1.807, 2.05) is 13.0 Å². The third-order valence-electron chi connectivity index (χ3n) is 2.52. The van der Waals surface area contributed by atoms with Crippen LogP contribution >= 0.6 is 0 Å². The van der Waals surface area contributed by atoms with E-state index in [4.69, 9.17) is 20.5 Å². The number of nitrogens with zero attached hydrogens (tertiary/aromatic N) is 1. The number of nitrogens with two attached hydrogens (primary N) is 1. The van der Waals surface area contributed by atoms with Crippen LogP contribution in [-0.2, 0) is 4.74 Å². The van der Waals surface area contributed by atoms with Crippen LogP contribution in [0.4, 0.5) is 5.69 Å². The van der Waals surface area contributed by atoms with E-state index in [0.717, 1.165) is 6.42 Å². The first-order chi connectivity index (χ1) is 9.69. The summed E-state index contributed by atoms with van der Waals surface area (Å²) in [6, 6.07) is 6.59. The minimum Gasteiger partial charge on any atom is -0.477 e. The molecule has 0 fully saturated rings. The van der Waals surface area contributed by atoms with Crippen LogP contribution in [0.5, 0.6) is 5.75 Å². The summed E-state index contributed by atoms with van der Waals surface area (Å²) in [5.41, 5.74) is 6.55. The van der Waals surface area contributed by atoms with Gasteiger partial charge in [0.05, 0.1) is 5.69 Å². The van der Waals surface area contributed by atoms with Crippen LogP contribution < -0.4 is 15.8 Å². The molecule has 0 unspecified atom stereocenters. The van der Waals surface area contributed by atoms with Gasteiger partial charge in [-0.1, -0.05) is 0 Å². The summed E-state index contributed by atoms with van der Waals surface area (Å²) in [4.78, 5) is 11.9. The van der Waals surface area contributed by atoms with Gasteiger partial charge >= 0.3 is 0 Å². The zero-order valence-electron chi connectivity index (χ0n) is 11.5. The van der Waals surface area contributed by atoms with Crippen molar-refractivity contribution in [2.45, 2.75) is 13.3 Å². The van der Waals surface area contributed by atoms with Crippen molar-refractivity contribution in [2.24, 2.45) is 0 Å². The number of carbonyl (C=O) groups is 1. The first kappa shape index (κ1) is 15.8. The van der Waals surface area contributed by atoms with Crippen molar-refractivity contribution >= 4 is 11.6 Å². The Morgan fingerprint density at radius 3 is 3.00 bits per heavy atom. The Morgan fingerprint density at radius 1 is 1.50 bits per heavy atom. The van der Waals surface area contributed by atoms with Gasteiger partial charge in [-0.2, -0.15) is 5.26 Å². The first-order valence-electron chi connectivity index (χ1n) is 6.44. The quantitative estimate of drug-likeness (QED) is 0.552. The number of benzene rings is 1. The first-order valence-corrected chi connectivity index (χ1v) is 6.44. The van der Waals surface area contributed by atoms with E-state index in [1.54, 1.807) is 12.1 Å². The largest absolute Gasteiger partial charge is 0.477 e. The monoisotopic (exact) mass is 277 g/mol. The molecule has 1 aromatic rings. The molecule has 1 aromatic carbocycles. The molecule has 0 aliphatic rings.